The van der Waals surface area contributed by atoms with Gasteiger partial charge in [0, 0.05) is 5.38 Å². The van der Waals surface area contributed by atoms with E-state index in [-0.39, 0.29) is 11.4 Å². The quantitative estimate of drug-likeness (QED) is 0.901. The van der Waals surface area contributed by atoms with Crippen molar-refractivity contribution in [3.8, 4) is 0 Å². The van der Waals surface area contributed by atoms with Crippen LogP contribution < -0.4 is 5.32 Å². The molecule has 1 N–H and O–H groups in total. The third-order valence-electron chi connectivity index (χ3n) is 3.09. The van der Waals surface area contributed by atoms with Gasteiger partial charge in [-0.1, -0.05) is 30.3 Å². The Hall–Kier alpha value is -1.68. The van der Waals surface area contributed by atoms with Crippen LogP contribution in [0.5, 0.6) is 0 Å². The van der Waals surface area contributed by atoms with Crippen LogP contribution in [-0.2, 0) is 5.54 Å². The van der Waals surface area contributed by atoms with Crippen LogP contribution in [0.2, 0.25) is 0 Å². The van der Waals surface area contributed by atoms with E-state index in [9.17, 15) is 4.79 Å². The first-order chi connectivity index (χ1) is 8.30. The number of nitrogens with zero attached hydrogens (tertiary/aromatic N) is 1. The first kappa shape index (κ1) is 10.5. The van der Waals surface area contributed by atoms with E-state index in [1.54, 1.807) is 10.9 Å². The van der Waals surface area contributed by atoms with Gasteiger partial charge < -0.3 is 5.32 Å². The molecule has 0 spiro atoms. The third-order valence-corrected chi connectivity index (χ3v) is 3.68. The molecular weight excluding hydrogens is 232 g/mol. The van der Waals surface area contributed by atoms with E-state index in [1.807, 2.05) is 18.2 Å². The molecule has 2 aromatic rings. The van der Waals surface area contributed by atoms with Crippen molar-refractivity contribution in [2.24, 2.45) is 0 Å². The van der Waals surface area contributed by atoms with Gasteiger partial charge in [0.25, 0.3) is 5.91 Å². The second-order valence-electron chi connectivity index (χ2n) is 4.28. The minimum atomic E-state index is -0.151. The van der Waals surface area contributed by atoms with E-state index in [0.29, 0.717) is 5.69 Å². The average molecular weight is 244 g/mol. The first-order valence-electron chi connectivity index (χ1n) is 5.56. The highest BCUT2D eigenvalue weighted by Crippen LogP contribution is 2.45. The summed E-state index contributed by atoms with van der Waals surface area (Å²) < 4.78 is 0. The summed E-state index contributed by atoms with van der Waals surface area (Å²) in [5.41, 5.74) is 3.22. The Balaban J connectivity index is 1.80. The number of carbonyl (C=O) groups excluding carboxylic acids is 1. The highest BCUT2D eigenvalue weighted by molar-refractivity contribution is 7.07. The third kappa shape index (κ3) is 1.96. The Morgan fingerprint density at radius 1 is 1.29 bits per heavy atom. The topological polar surface area (TPSA) is 42.0 Å². The molecule has 0 atom stereocenters. The number of carbonyl (C=O) groups is 1. The molecule has 1 aliphatic rings. The second-order valence-corrected chi connectivity index (χ2v) is 4.99. The van der Waals surface area contributed by atoms with Crippen LogP contribution in [0.25, 0.3) is 0 Å². The molecule has 3 nitrogen and oxygen atoms in total. The van der Waals surface area contributed by atoms with Crippen LogP contribution in [0, 0.1) is 0 Å². The van der Waals surface area contributed by atoms with Crippen molar-refractivity contribution in [3.05, 3.63) is 52.5 Å². The van der Waals surface area contributed by atoms with E-state index >= 15 is 0 Å². The monoisotopic (exact) mass is 244 g/mol. The van der Waals surface area contributed by atoms with Crippen LogP contribution in [0.15, 0.2) is 41.2 Å². The summed E-state index contributed by atoms with van der Waals surface area (Å²) in [6, 6.07) is 10.1. The lowest BCUT2D eigenvalue weighted by molar-refractivity contribution is 0.0926. The van der Waals surface area contributed by atoms with Crippen molar-refractivity contribution in [2.75, 3.05) is 0 Å². The molecule has 1 aromatic heterocycles. The van der Waals surface area contributed by atoms with Gasteiger partial charge >= 0.3 is 0 Å². The fourth-order valence-corrected chi connectivity index (χ4v) is 2.51. The van der Waals surface area contributed by atoms with Crippen molar-refractivity contribution < 1.29 is 4.79 Å². The Kier molecular flexibility index (Phi) is 2.44. The largest absolute Gasteiger partial charge is 0.341 e. The Morgan fingerprint density at radius 2 is 2.06 bits per heavy atom. The van der Waals surface area contributed by atoms with Gasteiger partial charge in [0.2, 0.25) is 0 Å². The van der Waals surface area contributed by atoms with Crippen LogP contribution in [0.4, 0.5) is 0 Å². The Bertz CT molecular complexity index is 518. The molecular formula is C13H12N2OS. The predicted octanol–water partition coefficient (Wildman–Crippen LogP) is 2.56. The molecule has 1 saturated carbocycles. The SMILES string of the molecule is O=C(NC1(c2ccccc2)CC1)c1cscn1. The summed E-state index contributed by atoms with van der Waals surface area (Å²) in [6.07, 6.45) is 2.01. The molecule has 0 aliphatic heterocycles. The number of rotatable bonds is 3. The lowest BCUT2D eigenvalue weighted by Gasteiger charge is -2.17. The van der Waals surface area contributed by atoms with Crippen LogP contribution in [0.3, 0.4) is 0 Å². The molecule has 0 saturated heterocycles. The van der Waals surface area contributed by atoms with E-state index in [1.165, 1.54) is 16.9 Å². The van der Waals surface area contributed by atoms with Crippen molar-refractivity contribution in [3.63, 3.8) is 0 Å². The highest BCUT2D eigenvalue weighted by Gasteiger charge is 2.45. The van der Waals surface area contributed by atoms with E-state index in [4.69, 9.17) is 0 Å². The zero-order chi connectivity index (χ0) is 11.7. The normalized spacial score (nSPS) is 16.5. The predicted molar refractivity (Wildman–Crippen MR) is 66.9 cm³/mol. The summed E-state index contributed by atoms with van der Waals surface area (Å²) in [4.78, 5) is 16.0. The number of benzene rings is 1. The molecule has 3 rings (SSSR count). The van der Waals surface area contributed by atoms with Gasteiger partial charge in [-0.15, -0.1) is 11.3 Å². The van der Waals surface area contributed by atoms with Crippen molar-refractivity contribution in [1.82, 2.24) is 10.3 Å². The van der Waals surface area contributed by atoms with Gasteiger partial charge in [-0.25, -0.2) is 4.98 Å². The number of nitrogens with one attached hydrogen (secondary N) is 1. The van der Waals surface area contributed by atoms with Crippen molar-refractivity contribution >= 4 is 17.2 Å². The second kappa shape index (κ2) is 3.96. The van der Waals surface area contributed by atoms with Gasteiger partial charge in [-0.2, -0.15) is 0 Å². The molecule has 0 radical (unpaired) electrons. The number of amides is 1. The lowest BCUT2D eigenvalue weighted by Crippen LogP contribution is -2.34. The molecule has 17 heavy (non-hydrogen) atoms. The van der Waals surface area contributed by atoms with Crippen molar-refractivity contribution in [1.29, 1.82) is 0 Å². The Labute approximate surface area is 104 Å². The summed E-state index contributed by atoms with van der Waals surface area (Å²) >= 11 is 1.44. The van der Waals surface area contributed by atoms with Gasteiger partial charge in [0.05, 0.1) is 11.0 Å². The number of thiazole rings is 1. The maximum absolute atomic E-state index is 12.0. The maximum atomic E-state index is 12.0. The van der Waals surface area contributed by atoms with Crippen LogP contribution >= 0.6 is 11.3 Å². The molecule has 1 aromatic carbocycles. The molecule has 1 heterocycles. The molecule has 86 valence electrons. The number of aromatic nitrogens is 1. The maximum Gasteiger partial charge on any atom is 0.271 e. The van der Waals surface area contributed by atoms with Gasteiger partial charge in [-0.3, -0.25) is 4.79 Å². The number of hydrogen-bond donors (Lipinski definition) is 1. The molecule has 1 fully saturated rings. The van der Waals surface area contributed by atoms with Gasteiger partial charge in [-0.05, 0) is 18.4 Å². The fraction of sp³-hybridized carbons (Fsp3) is 0.231. The van der Waals surface area contributed by atoms with Crippen molar-refractivity contribution in [2.45, 2.75) is 18.4 Å². The van der Waals surface area contributed by atoms with Gasteiger partial charge in [0.1, 0.15) is 5.69 Å². The van der Waals surface area contributed by atoms with Crippen LogP contribution in [0.1, 0.15) is 28.9 Å². The molecule has 0 unspecified atom stereocenters. The summed E-state index contributed by atoms with van der Waals surface area (Å²) in [7, 11) is 0. The van der Waals surface area contributed by atoms with E-state index in [0.717, 1.165) is 12.8 Å². The Morgan fingerprint density at radius 3 is 2.65 bits per heavy atom. The number of hydrogen-bond acceptors (Lipinski definition) is 3. The summed E-state index contributed by atoms with van der Waals surface area (Å²) in [5.74, 6) is -0.0763. The molecule has 1 amide bonds. The zero-order valence-electron chi connectivity index (χ0n) is 9.22. The summed E-state index contributed by atoms with van der Waals surface area (Å²) in [6.45, 7) is 0. The standard InChI is InChI=1S/C13H12N2OS/c16-12(11-8-17-9-14-11)15-13(6-7-13)10-4-2-1-3-5-10/h1-5,8-9H,6-7H2,(H,15,16). The highest BCUT2D eigenvalue weighted by atomic mass is 32.1. The van der Waals surface area contributed by atoms with Crippen LogP contribution in [-0.4, -0.2) is 10.9 Å². The minimum Gasteiger partial charge on any atom is -0.341 e. The first-order valence-corrected chi connectivity index (χ1v) is 6.51. The molecule has 0 bridgehead atoms. The van der Waals surface area contributed by atoms with E-state index in [2.05, 4.69) is 22.4 Å². The smallest absolute Gasteiger partial charge is 0.271 e. The van der Waals surface area contributed by atoms with E-state index < -0.39 is 0 Å². The lowest BCUT2D eigenvalue weighted by atomic mass is 10.1. The molecule has 4 heteroatoms. The minimum absolute atomic E-state index is 0.0763. The zero-order valence-corrected chi connectivity index (χ0v) is 10.0. The molecule has 1 aliphatic carbocycles. The van der Waals surface area contributed by atoms with Gasteiger partial charge in [0.15, 0.2) is 0 Å². The fourth-order valence-electron chi connectivity index (χ4n) is 1.97. The summed E-state index contributed by atoms with van der Waals surface area (Å²) in [5, 5.41) is 4.87. The average Bonchev–Trinajstić information content (AvgIpc) is 2.94.